The van der Waals surface area contributed by atoms with Crippen molar-refractivity contribution in [2.24, 2.45) is 0 Å². The van der Waals surface area contributed by atoms with Gasteiger partial charge in [-0.1, -0.05) is 11.6 Å². The van der Waals surface area contributed by atoms with Gasteiger partial charge in [0.15, 0.2) is 11.5 Å². The molecule has 0 aliphatic rings. The van der Waals surface area contributed by atoms with Crippen LogP contribution in [0.5, 0.6) is 28.7 Å². The van der Waals surface area contributed by atoms with E-state index in [9.17, 15) is 0 Å². The van der Waals surface area contributed by atoms with Gasteiger partial charge in [0, 0.05) is 17.8 Å². The lowest BCUT2D eigenvalue weighted by Crippen LogP contribution is -1.96. The molecular weight excluding hydrogens is 294 g/mol. The van der Waals surface area contributed by atoms with E-state index in [4.69, 9.17) is 36.3 Å². The summed E-state index contributed by atoms with van der Waals surface area (Å²) in [6, 6.07) is 8.40. The Morgan fingerprint density at radius 1 is 0.857 bits per heavy atom. The molecule has 0 aliphatic heterocycles. The molecule has 0 unspecified atom stereocenters. The fourth-order valence-electron chi connectivity index (χ4n) is 1.84. The quantitative estimate of drug-likeness (QED) is 0.852. The highest BCUT2D eigenvalue weighted by atomic mass is 35.5. The van der Waals surface area contributed by atoms with Crippen molar-refractivity contribution >= 4 is 17.3 Å². The van der Waals surface area contributed by atoms with Crippen molar-refractivity contribution in [2.45, 2.75) is 0 Å². The van der Waals surface area contributed by atoms with Crippen LogP contribution in [0.2, 0.25) is 5.02 Å². The van der Waals surface area contributed by atoms with Crippen molar-refractivity contribution in [3.8, 4) is 28.7 Å². The van der Waals surface area contributed by atoms with Crippen molar-refractivity contribution in [3.05, 3.63) is 35.4 Å². The first kappa shape index (κ1) is 15.1. The molecular formula is C15H16ClNO4. The average molecular weight is 310 g/mol. The Balaban J connectivity index is 2.40. The van der Waals surface area contributed by atoms with Crippen molar-refractivity contribution in [2.75, 3.05) is 27.1 Å². The van der Waals surface area contributed by atoms with E-state index in [0.29, 0.717) is 39.5 Å². The minimum Gasteiger partial charge on any atom is -0.493 e. The maximum atomic E-state index is 6.09. The van der Waals surface area contributed by atoms with E-state index in [-0.39, 0.29) is 0 Å². The maximum absolute atomic E-state index is 6.09. The zero-order valence-corrected chi connectivity index (χ0v) is 12.7. The normalized spacial score (nSPS) is 10.1. The van der Waals surface area contributed by atoms with Gasteiger partial charge >= 0.3 is 0 Å². The average Bonchev–Trinajstić information content (AvgIpc) is 2.49. The predicted octanol–water partition coefficient (Wildman–Crippen LogP) is 3.74. The number of ether oxygens (including phenoxy) is 4. The molecule has 0 bridgehead atoms. The molecule has 6 heteroatoms. The predicted molar refractivity (Wildman–Crippen MR) is 82.0 cm³/mol. The molecule has 2 aromatic carbocycles. The Labute approximate surface area is 128 Å². The fraction of sp³-hybridized carbons (Fsp3) is 0.200. The second-order valence-corrected chi connectivity index (χ2v) is 4.56. The topological polar surface area (TPSA) is 62.9 Å². The van der Waals surface area contributed by atoms with Crippen LogP contribution in [0, 0.1) is 0 Å². The van der Waals surface area contributed by atoms with E-state index >= 15 is 0 Å². The Hall–Kier alpha value is -2.27. The molecule has 0 saturated carbocycles. The second kappa shape index (κ2) is 6.45. The summed E-state index contributed by atoms with van der Waals surface area (Å²) in [6.07, 6.45) is 0. The lowest BCUT2D eigenvalue weighted by Gasteiger charge is -2.15. The van der Waals surface area contributed by atoms with Crippen LogP contribution in [0.3, 0.4) is 0 Å². The van der Waals surface area contributed by atoms with E-state index in [1.807, 2.05) is 0 Å². The van der Waals surface area contributed by atoms with Gasteiger partial charge in [-0.25, -0.2) is 0 Å². The lowest BCUT2D eigenvalue weighted by molar-refractivity contribution is 0.321. The third kappa shape index (κ3) is 3.25. The largest absolute Gasteiger partial charge is 0.493 e. The molecule has 0 amide bonds. The molecule has 2 aromatic rings. The number of rotatable bonds is 5. The summed E-state index contributed by atoms with van der Waals surface area (Å²) in [5.74, 6) is 2.49. The Kier molecular flexibility index (Phi) is 4.65. The van der Waals surface area contributed by atoms with Crippen molar-refractivity contribution < 1.29 is 18.9 Å². The minimum absolute atomic E-state index is 0.420. The zero-order chi connectivity index (χ0) is 15.4. The maximum Gasteiger partial charge on any atom is 0.203 e. The highest BCUT2D eigenvalue weighted by Crippen LogP contribution is 2.42. The van der Waals surface area contributed by atoms with Crippen LogP contribution in [-0.4, -0.2) is 21.3 Å². The van der Waals surface area contributed by atoms with Gasteiger partial charge in [0.05, 0.1) is 26.4 Å². The molecule has 0 atom stereocenters. The molecule has 21 heavy (non-hydrogen) atoms. The summed E-state index contributed by atoms with van der Waals surface area (Å²) >= 11 is 6.09. The van der Waals surface area contributed by atoms with Gasteiger partial charge in [-0.3, -0.25) is 0 Å². The number of nitrogen functional groups attached to an aromatic ring is 1. The Bertz CT molecular complexity index is 621. The summed E-state index contributed by atoms with van der Waals surface area (Å²) in [6.45, 7) is 0. The molecule has 0 saturated heterocycles. The SMILES string of the molecule is COc1cc(Oc2ccc(N)cc2Cl)cc(OC)c1OC. The first-order chi connectivity index (χ1) is 10.1. The monoisotopic (exact) mass is 309 g/mol. The molecule has 2 rings (SSSR count). The summed E-state index contributed by atoms with van der Waals surface area (Å²) in [5, 5.41) is 0.420. The zero-order valence-electron chi connectivity index (χ0n) is 12.0. The van der Waals surface area contributed by atoms with Crippen LogP contribution in [0.25, 0.3) is 0 Å². The first-order valence-corrected chi connectivity index (χ1v) is 6.49. The van der Waals surface area contributed by atoms with E-state index in [1.165, 1.54) is 21.3 Å². The Morgan fingerprint density at radius 3 is 1.95 bits per heavy atom. The molecule has 5 nitrogen and oxygen atoms in total. The van der Waals surface area contributed by atoms with Gasteiger partial charge < -0.3 is 24.7 Å². The van der Waals surface area contributed by atoms with Crippen LogP contribution < -0.4 is 24.7 Å². The van der Waals surface area contributed by atoms with E-state index in [2.05, 4.69) is 0 Å². The summed E-state index contributed by atoms with van der Waals surface area (Å²) in [4.78, 5) is 0. The van der Waals surface area contributed by atoms with Crippen molar-refractivity contribution in [1.82, 2.24) is 0 Å². The van der Waals surface area contributed by atoms with Gasteiger partial charge in [0.1, 0.15) is 11.5 Å². The lowest BCUT2D eigenvalue weighted by atomic mass is 10.2. The standard InChI is InChI=1S/C15H16ClNO4/c1-18-13-7-10(8-14(19-2)15(13)20-3)21-12-5-4-9(17)6-11(12)16/h4-8H,17H2,1-3H3. The fourth-order valence-corrected chi connectivity index (χ4v) is 2.07. The number of nitrogens with two attached hydrogens (primary N) is 1. The number of hydrogen-bond donors (Lipinski definition) is 1. The third-order valence-electron chi connectivity index (χ3n) is 2.82. The van der Waals surface area contributed by atoms with Crippen LogP contribution >= 0.6 is 11.6 Å². The van der Waals surface area contributed by atoms with Crippen LogP contribution in [0.4, 0.5) is 5.69 Å². The molecule has 0 heterocycles. The highest BCUT2D eigenvalue weighted by molar-refractivity contribution is 6.32. The molecule has 0 fully saturated rings. The smallest absolute Gasteiger partial charge is 0.203 e. The summed E-state index contributed by atoms with van der Waals surface area (Å²) in [5.41, 5.74) is 6.22. The first-order valence-electron chi connectivity index (χ1n) is 6.12. The number of hydrogen-bond acceptors (Lipinski definition) is 5. The van der Waals surface area contributed by atoms with Gasteiger partial charge in [-0.15, -0.1) is 0 Å². The highest BCUT2D eigenvalue weighted by Gasteiger charge is 2.15. The molecule has 0 aromatic heterocycles. The molecule has 0 aliphatic carbocycles. The molecule has 0 spiro atoms. The van der Waals surface area contributed by atoms with E-state index < -0.39 is 0 Å². The minimum atomic E-state index is 0.420. The second-order valence-electron chi connectivity index (χ2n) is 4.15. The third-order valence-corrected chi connectivity index (χ3v) is 3.12. The van der Waals surface area contributed by atoms with E-state index in [1.54, 1.807) is 30.3 Å². The number of anilines is 1. The molecule has 0 radical (unpaired) electrons. The summed E-state index contributed by atoms with van der Waals surface area (Å²) in [7, 11) is 4.62. The Morgan fingerprint density at radius 2 is 1.48 bits per heavy atom. The van der Waals surface area contributed by atoms with Gasteiger partial charge in [0.25, 0.3) is 0 Å². The van der Waals surface area contributed by atoms with Crippen LogP contribution in [-0.2, 0) is 0 Å². The van der Waals surface area contributed by atoms with Gasteiger partial charge in [-0.2, -0.15) is 0 Å². The summed E-state index contributed by atoms with van der Waals surface area (Å²) < 4.78 is 21.5. The van der Waals surface area contributed by atoms with Gasteiger partial charge in [-0.05, 0) is 18.2 Å². The van der Waals surface area contributed by atoms with E-state index in [0.717, 1.165) is 0 Å². The van der Waals surface area contributed by atoms with Crippen LogP contribution in [0.1, 0.15) is 0 Å². The number of methoxy groups -OCH3 is 3. The van der Waals surface area contributed by atoms with Crippen molar-refractivity contribution in [1.29, 1.82) is 0 Å². The number of benzene rings is 2. The van der Waals surface area contributed by atoms with Crippen LogP contribution in [0.15, 0.2) is 30.3 Å². The van der Waals surface area contributed by atoms with Gasteiger partial charge in [0.2, 0.25) is 5.75 Å². The molecule has 2 N–H and O–H groups in total. The molecule has 112 valence electrons. The number of halogens is 1. The van der Waals surface area contributed by atoms with Crippen molar-refractivity contribution in [3.63, 3.8) is 0 Å².